The lowest BCUT2D eigenvalue weighted by molar-refractivity contribution is -0.111. The summed E-state index contributed by atoms with van der Waals surface area (Å²) >= 11 is 7.60. The Morgan fingerprint density at radius 2 is 1.96 bits per heavy atom. The number of aromatic nitrogens is 1. The van der Waals surface area contributed by atoms with Crippen molar-refractivity contribution in [3.63, 3.8) is 0 Å². The second-order valence-corrected chi connectivity index (χ2v) is 6.96. The van der Waals surface area contributed by atoms with Crippen LogP contribution in [0.3, 0.4) is 0 Å². The lowest BCUT2D eigenvalue weighted by Gasteiger charge is -1.99. The van der Waals surface area contributed by atoms with Gasteiger partial charge in [-0.3, -0.25) is 10.1 Å². The Kier molecular flexibility index (Phi) is 3.92. The number of nitrogens with zero attached hydrogens (tertiary/aromatic N) is 1. The van der Waals surface area contributed by atoms with Gasteiger partial charge < -0.3 is 0 Å². The predicted octanol–water partition coefficient (Wildman–Crippen LogP) is 5.02. The molecule has 24 heavy (non-hydrogen) atoms. The van der Waals surface area contributed by atoms with Crippen LogP contribution in [0, 0.1) is 0 Å². The zero-order valence-electron chi connectivity index (χ0n) is 12.6. The van der Waals surface area contributed by atoms with E-state index >= 15 is 0 Å². The average molecular weight is 353 g/mol. The van der Waals surface area contributed by atoms with E-state index < -0.39 is 0 Å². The van der Waals surface area contributed by atoms with Crippen LogP contribution in [0.1, 0.15) is 16.0 Å². The molecule has 1 aliphatic carbocycles. The van der Waals surface area contributed by atoms with E-state index in [0.717, 1.165) is 23.2 Å². The third-order valence-electron chi connectivity index (χ3n) is 3.87. The SMILES string of the molecule is O=C(C=Cc1ccccc1Cl)Nc1nc2c(s1)Cc1ccccc1-2. The highest BCUT2D eigenvalue weighted by Crippen LogP contribution is 2.40. The number of carbonyl (C=O) groups is 1. The molecular formula is C19H13ClN2OS. The smallest absolute Gasteiger partial charge is 0.250 e. The van der Waals surface area contributed by atoms with Gasteiger partial charge in [-0.05, 0) is 23.3 Å². The molecule has 0 aliphatic heterocycles. The van der Waals surface area contributed by atoms with Crippen molar-refractivity contribution in [3.05, 3.63) is 75.6 Å². The van der Waals surface area contributed by atoms with Gasteiger partial charge in [0.25, 0.3) is 0 Å². The molecule has 5 heteroatoms. The second-order valence-electron chi connectivity index (χ2n) is 5.47. The fraction of sp³-hybridized carbons (Fsp3) is 0.0526. The number of halogens is 1. The number of benzene rings is 2. The van der Waals surface area contributed by atoms with Crippen molar-refractivity contribution in [3.8, 4) is 11.3 Å². The fourth-order valence-electron chi connectivity index (χ4n) is 2.74. The van der Waals surface area contributed by atoms with Gasteiger partial charge in [0.05, 0.1) is 5.69 Å². The number of hydrogen-bond acceptors (Lipinski definition) is 3. The van der Waals surface area contributed by atoms with Crippen molar-refractivity contribution in [1.82, 2.24) is 4.98 Å². The van der Waals surface area contributed by atoms with Crippen LogP contribution in [0.5, 0.6) is 0 Å². The topological polar surface area (TPSA) is 42.0 Å². The summed E-state index contributed by atoms with van der Waals surface area (Å²) in [6, 6.07) is 15.6. The maximum Gasteiger partial charge on any atom is 0.250 e. The number of hydrogen-bond donors (Lipinski definition) is 1. The second kappa shape index (κ2) is 6.23. The van der Waals surface area contributed by atoms with Crippen molar-refractivity contribution in [2.45, 2.75) is 6.42 Å². The van der Waals surface area contributed by atoms with E-state index in [0.29, 0.717) is 10.2 Å². The standard InChI is InChI=1S/C19H13ClN2OS/c20-15-8-4-2-5-12(15)9-10-17(23)21-19-22-18-14-7-3-1-6-13(14)11-16(18)24-19/h1-10H,11H2,(H,21,22,23). The summed E-state index contributed by atoms with van der Waals surface area (Å²) in [4.78, 5) is 17.9. The van der Waals surface area contributed by atoms with Gasteiger partial charge in [-0.15, -0.1) is 11.3 Å². The Bertz CT molecular complexity index is 962. The summed E-state index contributed by atoms with van der Waals surface area (Å²) in [6.07, 6.45) is 4.06. The van der Waals surface area contributed by atoms with Crippen molar-refractivity contribution in [1.29, 1.82) is 0 Å². The molecule has 0 spiro atoms. The first-order valence-electron chi connectivity index (χ1n) is 7.52. The third-order valence-corrected chi connectivity index (χ3v) is 5.19. The van der Waals surface area contributed by atoms with Gasteiger partial charge in [0.15, 0.2) is 5.13 Å². The maximum absolute atomic E-state index is 12.1. The van der Waals surface area contributed by atoms with Crippen LogP contribution in [-0.4, -0.2) is 10.9 Å². The van der Waals surface area contributed by atoms with Crippen molar-refractivity contribution < 1.29 is 4.79 Å². The number of thiazole rings is 1. The fourth-order valence-corrected chi connectivity index (χ4v) is 3.94. The molecule has 0 fully saturated rings. The van der Waals surface area contributed by atoms with Crippen LogP contribution in [0.2, 0.25) is 5.02 Å². The van der Waals surface area contributed by atoms with Gasteiger partial charge in [-0.2, -0.15) is 0 Å². The quantitative estimate of drug-likeness (QED) is 0.526. The van der Waals surface area contributed by atoms with E-state index in [4.69, 9.17) is 11.6 Å². The Morgan fingerprint density at radius 3 is 2.83 bits per heavy atom. The van der Waals surface area contributed by atoms with E-state index in [1.807, 2.05) is 30.3 Å². The van der Waals surface area contributed by atoms with Crippen LogP contribution in [-0.2, 0) is 11.2 Å². The Morgan fingerprint density at radius 1 is 1.17 bits per heavy atom. The Balaban J connectivity index is 1.50. The molecule has 4 rings (SSSR count). The number of rotatable bonds is 3. The van der Waals surface area contributed by atoms with Crippen molar-refractivity contribution in [2.75, 3.05) is 5.32 Å². The molecule has 0 radical (unpaired) electrons. The molecule has 0 unspecified atom stereocenters. The Labute approximate surface area is 148 Å². The summed E-state index contributed by atoms with van der Waals surface area (Å²) in [5.74, 6) is -0.212. The maximum atomic E-state index is 12.1. The number of nitrogens with one attached hydrogen (secondary N) is 1. The van der Waals surface area contributed by atoms with Crippen LogP contribution in [0.25, 0.3) is 17.3 Å². The van der Waals surface area contributed by atoms with Crippen LogP contribution < -0.4 is 5.32 Å². The van der Waals surface area contributed by atoms with Gasteiger partial charge >= 0.3 is 0 Å². The molecule has 1 amide bonds. The largest absolute Gasteiger partial charge is 0.298 e. The van der Waals surface area contributed by atoms with Gasteiger partial charge in [-0.1, -0.05) is 54.1 Å². The molecule has 1 aliphatic rings. The predicted molar refractivity (Wildman–Crippen MR) is 99.5 cm³/mol. The van der Waals surface area contributed by atoms with E-state index in [-0.39, 0.29) is 5.91 Å². The van der Waals surface area contributed by atoms with Crippen LogP contribution in [0.15, 0.2) is 54.6 Å². The summed E-state index contributed by atoms with van der Waals surface area (Å²) in [5.41, 5.74) is 4.25. The molecule has 3 aromatic rings. The number of carbonyl (C=O) groups excluding carboxylic acids is 1. The first kappa shape index (κ1) is 15.1. The molecule has 3 nitrogen and oxygen atoms in total. The zero-order chi connectivity index (χ0) is 16.5. The average Bonchev–Trinajstić information content (AvgIpc) is 3.11. The third kappa shape index (κ3) is 2.86. The van der Waals surface area contributed by atoms with Gasteiger partial charge in [-0.25, -0.2) is 4.98 Å². The number of anilines is 1. The molecule has 1 heterocycles. The lowest BCUT2D eigenvalue weighted by atomic mass is 10.1. The van der Waals surface area contributed by atoms with Crippen molar-refractivity contribution in [2.24, 2.45) is 0 Å². The molecule has 1 N–H and O–H groups in total. The van der Waals surface area contributed by atoms with E-state index in [1.165, 1.54) is 27.9 Å². The van der Waals surface area contributed by atoms with E-state index in [2.05, 4.69) is 22.4 Å². The molecule has 0 saturated carbocycles. The van der Waals surface area contributed by atoms with E-state index in [1.54, 1.807) is 12.1 Å². The first-order chi connectivity index (χ1) is 11.7. The van der Waals surface area contributed by atoms with Gasteiger partial charge in [0, 0.05) is 28.0 Å². The molecule has 118 valence electrons. The van der Waals surface area contributed by atoms with Crippen molar-refractivity contribution >= 4 is 40.1 Å². The molecule has 1 aromatic heterocycles. The first-order valence-corrected chi connectivity index (χ1v) is 8.72. The van der Waals surface area contributed by atoms with Crippen LogP contribution >= 0.6 is 22.9 Å². The van der Waals surface area contributed by atoms with Crippen LogP contribution in [0.4, 0.5) is 5.13 Å². The minimum absolute atomic E-state index is 0.212. The molecule has 0 atom stereocenters. The minimum atomic E-state index is -0.212. The minimum Gasteiger partial charge on any atom is -0.298 e. The normalized spacial score (nSPS) is 12.2. The summed E-state index contributed by atoms with van der Waals surface area (Å²) < 4.78 is 0. The molecule has 2 aromatic carbocycles. The summed E-state index contributed by atoms with van der Waals surface area (Å²) in [6.45, 7) is 0. The summed E-state index contributed by atoms with van der Waals surface area (Å²) in [5, 5.41) is 4.08. The molecular weight excluding hydrogens is 340 g/mol. The highest BCUT2D eigenvalue weighted by atomic mass is 35.5. The zero-order valence-corrected chi connectivity index (χ0v) is 14.2. The number of fused-ring (bicyclic) bond motifs is 3. The van der Waals surface area contributed by atoms with Gasteiger partial charge in [0.2, 0.25) is 5.91 Å². The highest BCUT2D eigenvalue weighted by molar-refractivity contribution is 7.16. The van der Waals surface area contributed by atoms with Gasteiger partial charge in [0.1, 0.15) is 0 Å². The Hall–Kier alpha value is -2.43. The molecule has 0 bridgehead atoms. The number of amides is 1. The molecule has 0 saturated heterocycles. The lowest BCUT2D eigenvalue weighted by Crippen LogP contribution is -2.07. The highest BCUT2D eigenvalue weighted by Gasteiger charge is 2.23. The van der Waals surface area contributed by atoms with E-state index in [9.17, 15) is 4.79 Å². The monoisotopic (exact) mass is 352 g/mol. The summed E-state index contributed by atoms with van der Waals surface area (Å²) in [7, 11) is 0.